The van der Waals surface area contributed by atoms with E-state index in [1.807, 2.05) is 0 Å². The van der Waals surface area contributed by atoms with Crippen LogP contribution in [0.5, 0.6) is 0 Å². The van der Waals surface area contributed by atoms with Gasteiger partial charge in [0.25, 0.3) is 0 Å². The van der Waals surface area contributed by atoms with E-state index in [4.69, 9.17) is 4.74 Å². The molecule has 116 valence electrons. The monoisotopic (exact) mass is 297 g/mol. The summed E-state index contributed by atoms with van der Waals surface area (Å²) in [6.45, 7) is 3.30. The van der Waals surface area contributed by atoms with E-state index in [1.54, 1.807) is 6.08 Å². The van der Waals surface area contributed by atoms with Gasteiger partial charge in [0.05, 0.1) is 6.04 Å². The lowest BCUT2D eigenvalue weighted by Gasteiger charge is -2.38. The molecule has 1 aliphatic carbocycles. The molecule has 0 radical (unpaired) electrons. The van der Waals surface area contributed by atoms with Crippen LogP contribution < -0.4 is 0 Å². The molecule has 2 fully saturated rings. The van der Waals surface area contributed by atoms with Crippen LogP contribution in [0.4, 0.5) is 0 Å². The standard InChI is InChI=1S/C19H23NO2/c1-2-3-4-5-8-14-11-15-13-19(16(14)12-18(21)22-19)17-9-6-7-10-20(15)17/h11-12,15,17H,2-4,6-7,9-10,13H2,1H3/t15-,17-,19+/m1/s1. The number of ether oxygens (including phenoxy) is 1. The van der Waals surface area contributed by atoms with Crippen LogP contribution in [0.1, 0.15) is 51.9 Å². The van der Waals surface area contributed by atoms with Crippen molar-refractivity contribution >= 4 is 5.97 Å². The molecule has 3 heteroatoms. The first-order valence-corrected chi connectivity index (χ1v) is 8.66. The fourth-order valence-electron chi connectivity index (χ4n) is 4.59. The largest absolute Gasteiger partial charge is 0.449 e. The van der Waals surface area contributed by atoms with Crippen molar-refractivity contribution in [3.8, 4) is 11.8 Å². The number of carbonyl (C=O) groups excluding carboxylic acids is 1. The zero-order valence-corrected chi connectivity index (χ0v) is 13.2. The minimum absolute atomic E-state index is 0.177. The van der Waals surface area contributed by atoms with Gasteiger partial charge in [0.2, 0.25) is 0 Å². The van der Waals surface area contributed by atoms with E-state index >= 15 is 0 Å². The Bertz CT molecular complexity index is 621. The highest BCUT2D eigenvalue weighted by molar-refractivity contribution is 5.90. The van der Waals surface area contributed by atoms with Crippen molar-refractivity contribution in [2.75, 3.05) is 6.54 Å². The smallest absolute Gasteiger partial charge is 0.332 e. The van der Waals surface area contributed by atoms with Crippen LogP contribution in [0.25, 0.3) is 0 Å². The number of unbranched alkanes of at least 4 members (excludes halogenated alkanes) is 2. The molecule has 3 aliphatic heterocycles. The van der Waals surface area contributed by atoms with Crippen molar-refractivity contribution in [1.82, 2.24) is 4.90 Å². The summed E-state index contributed by atoms with van der Waals surface area (Å²) in [6, 6.07) is 0.749. The van der Waals surface area contributed by atoms with E-state index in [1.165, 1.54) is 19.3 Å². The Labute approximate surface area is 132 Å². The van der Waals surface area contributed by atoms with Crippen molar-refractivity contribution in [2.24, 2.45) is 0 Å². The number of hydrogen-bond acceptors (Lipinski definition) is 3. The first-order chi connectivity index (χ1) is 10.7. The number of rotatable bonds is 2. The van der Waals surface area contributed by atoms with E-state index in [2.05, 4.69) is 29.7 Å². The van der Waals surface area contributed by atoms with Gasteiger partial charge < -0.3 is 4.74 Å². The summed E-state index contributed by atoms with van der Waals surface area (Å²) in [5.74, 6) is 6.45. The molecule has 0 unspecified atom stereocenters. The van der Waals surface area contributed by atoms with E-state index in [0.717, 1.165) is 43.4 Å². The van der Waals surface area contributed by atoms with Crippen molar-refractivity contribution < 1.29 is 9.53 Å². The predicted molar refractivity (Wildman–Crippen MR) is 85.0 cm³/mol. The molecule has 0 saturated carbocycles. The number of fused-ring (bicyclic) bond motifs is 3. The van der Waals surface area contributed by atoms with Crippen molar-refractivity contribution in [2.45, 2.75) is 69.6 Å². The SMILES string of the molecule is CCCCC#CC1=C[C@@H]2C[C@@]3(OC(=O)C=C13)[C@H]1CCCCN21. The lowest BCUT2D eigenvalue weighted by molar-refractivity contribution is -0.148. The van der Waals surface area contributed by atoms with Crippen molar-refractivity contribution in [3.05, 3.63) is 23.3 Å². The minimum atomic E-state index is -0.397. The van der Waals surface area contributed by atoms with Gasteiger partial charge in [0.1, 0.15) is 0 Å². The molecule has 2 saturated heterocycles. The van der Waals surface area contributed by atoms with Crippen molar-refractivity contribution in [1.29, 1.82) is 0 Å². The molecule has 0 N–H and O–H groups in total. The number of hydrogen-bond donors (Lipinski definition) is 0. The molecule has 2 bridgehead atoms. The Morgan fingerprint density at radius 3 is 3.23 bits per heavy atom. The lowest BCUT2D eigenvalue weighted by Crippen LogP contribution is -2.48. The highest BCUT2D eigenvalue weighted by atomic mass is 16.6. The maximum Gasteiger partial charge on any atom is 0.332 e. The number of carbonyl (C=O) groups is 1. The highest BCUT2D eigenvalue weighted by Crippen LogP contribution is 2.53. The summed E-state index contributed by atoms with van der Waals surface area (Å²) in [6.07, 6.45) is 11.8. The van der Waals surface area contributed by atoms with Gasteiger partial charge in [-0.2, -0.15) is 0 Å². The predicted octanol–water partition coefficient (Wildman–Crippen LogP) is 2.97. The molecule has 3 atom stereocenters. The quantitative estimate of drug-likeness (QED) is 0.446. The van der Waals surface area contributed by atoms with E-state index in [0.29, 0.717) is 12.1 Å². The average Bonchev–Trinajstić information content (AvgIpc) is 3.00. The van der Waals surface area contributed by atoms with Crippen LogP contribution in [-0.2, 0) is 9.53 Å². The normalized spacial score (nSPS) is 35.8. The van der Waals surface area contributed by atoms with Gasteiger partial charge >= 0.3 is 5.97 Å². The molecule has 0 aromatic carbocycles. The zero-order chi connectivity index (χ0) is 15.2. The molecular weight excluding hydrogens is 274 g/mol. The lowest BCUT2D eigenvalue weighted by atomic mass is 9.77. The molecule has 22 heavy (non-hydrogen) atoms. The first kappa shape index (κ1) is 14.1. The average molecular weight is 297 g/mol. The van der Waals surface area contributed by atoms with Gasteiger partial charge in [0, 0.05) is 36.1 Å². The molecule has 0 aromatic rings. The van der Waals surface area contributed by atoms with Gasteiger partial charge in [-0.15, -0.1) is 0 Å². The van der Waals surface area contributed by atoms with E-state index < -0.39 is 5.60 Å². The Morgan fingerprint density at radius 1 is 1.45 bits per heavy atom. The molecule has 4 rings (SSSR count). The van der Waals surface area contributed by atoms with Crippen LogP contribution >= 0.6 is 0 Å². The van der Waals surface area contributed by atoms with Gasteiger partial charge in [-0.1, -0.05) is 37.7 Å². The van der Waals surface area contributed by atoms with Crippen LogP contribution in [0.3, 0.4) is 0 Å². The fourth-order valence-corrected chi connectivity index (χ4v) is 4.59. The molecule has 0 aromatic heterocycles. The summed E-state index contributed by atoms with van der Waals surface area (Å²) in [4.78, 5) is 14.5. The third kappa shape index (κ3) is 1.97. The van der Waals surface area contributed by atoms with Crippen molar-refractivity contribution in [3.63, 3.8) is 0 Å². The van der Waals surface area contributed by atoms with Crippen LogP contribution in [-0.4, -0.2) is 35.1 Å². The molecule has 0 amide bonds. The molecule has 1 spiro atoms. The summed E-state index contributed by atoms with van der Waals surface area (Å²) >= 11 is 0. The molecule has 4 aliphatic rings. The van der Waals surface area contributed by atoms with E-state index in [9.17, 15) is 4.79 Å². The summed E-state index contributed by atoms with van der Waals surface area (Å²) in [5, 5.41) is 0. The van der Waals surface area contributed by atoms with Crippen LogP contribution in [0.2, 0.25) is 0 Å². The number of esters is 1. The Hall–Kier alpha value is -1.53. The second-order valence-electron chi connectivity index (χ2n) is 6.88. The van der Waals surface area contributed by atoms with Gasteiger partial charge in [0.15, 0.2) is 5.60 Å². The van der Waals surface area contributed by atoms with Gasteiger partial charge in [-0.05, 0) is 25.8 Å². The maximum absolute atomic E-state index is 12.0. The molecular formula is C19H23NO2. The van der Waals surface area contributed by atoms with Crippen LogP contribution in [0.15, 0.2) is 23.3 Å². The fraction of sp³-hybridized carbons (Fsp3) is 0.632. The minimum Gasteiger partial charge on any atom is -0.449 e. The summed E-state index contributed by atoms with van der Waals surface area (Å²) in [5.41, 5.74) is 1.71. The Balaban J connectivity index is 1.70. The van der Waals surface area contributed by atoms with E-state index in [-0.39, 0.29) is 5.97 Å². The van der Waals surface area contributed by atoms with Crippen LogP contribution in [0, 0.1) is 11.8 Å². The topological polar surface area (TPSA) is 29.5 Å². The zero-order valence-electron chi connectivity index (χ0n) is 13.2. The summed E-state index contributed by atoms with van der Waals surface area (Å²) in [7, 11) is 0. The molecule has 3 heterocycles. The molecule has 3 nitrogen and oxygen atoms in total. The first-order valence-electron chi connectivity index (χ1n) is 8.66. The third-order valence-electron chi connectivity index (χ3n) is 5.55. The number of piperidine rings is 1. The Kier molecular flexibility index (Phi) is 3.38. The second kappa shape index (κ2) is 5.28. The Morgan fingerprint density at radius 2 is 2.36 bits per heavy atom. The van der Waals surface area contributed by atoms with Gasteiger partial charge in [-0.3, -0.25) is 4.90 Å². The highest BCUT2D eigenvalue weighted by Gasteiger charge is 2.61. The number of nitrogens with zero attached hydrogens (tertiary/aromatic N) is 1. The third-order valence-corrected chi connectivity index (χ3v) is 5.55. The second-order valence-corrected chi connectivity index (χ2v) is 6.88. The maximum atomic E-state index is 12.0. The summed E-state index contributed by atoms with van der Waals surface area (Å²) < 4.78 is 5.89. The van der Waals surface area contributed by atoms with Gasteiger partial charge in [-0.25, -0.2) is 4.79 Å².